The molecule has 0 aromatic heterocycles. The number of cyclic esters (lactones) is 1. The molecule has 2 aromatic rings. The average Bonchev–Trinajstić information content (AvgIpc) is 2.89. The highest BCUT2D eigenvalue weighted by molar-refractivity contribution is 6.12. The molecule has 0 atom stereocenters. The number of esters is 1. The van der Waals surface area contributed by atoms with Crippen molar-refractivity contribution in [3.63, 3.8) is 0 Å². The second-order valence-corrected chi connectivity index (χ2v) is 4.58. The van der Waals surface area contributed by atoms with Crippen LogP contribution in [0.5, 0.6) is 0 Å². The highest BCUT2D eigenvalue weighted by Gasteiger charge is 2.24. The molecule has 0 fully saturated rings. The van der Waals surface area contributed by atoms with Crippen molar-refractivity contribution in [1.29, 1.82) is 5.26 Å². The fourth-order valence-corrected chi connectivity index (χ4v) is 1.97. The summed E-state index contributed by atoms with van der Waals surface area (Å²) in [4.78, 5) is 15.9. The lowest BCUT2D eigenvalue weighted by Gasteiger charge is -1.98. The number of benzene rings is 2. The standard InChI is InChI=1S/C17H9FN2O2/c18-14-3-1-2-13(9-14)16-20-15(17(21)22-16)8-11-4-6-12(10-19)7-5-11/h1-9H/b15-8-. The summed E-state index contributed by atoms with van der Waals surface area (Å²) in [5.41, 5.74) is 1.77. The molecule has 22 heavy (non-hydrogen) atoms. The molecule has 1 heterocycles. The first-order chi connectivity index (χ1) is 10.7. The van der Waals surface area contributed by atoms with E-state index in [0.29, 0.717) is 11.1 Å². The highest BCUT2D eigenvalue weighted by Crippen LogP contribution is 2.19. The van der Waals surface area contributed by atoms with E-state index in [1.807, 2.05) is 6.07 Å². The molecule has 3 rings (SSSR count). The van der Waals surface area contributed by atoms with Crippen LogP contribution in [0.4, 0.5) is 4.39 Å². The van der Waals surface area contributed by atoms with Crippen LogP contribution in [0.15, 0.2) is 59.2 Å². The molecule has 1 aliphatic heterocycles. The lowest BCUT2D eigenvalue weighted by atomic mass is 10.1. The van der Waals surface area contributed by atoms with Crippen LogP contribution in [-0.2, 0) is 9.53 Å². The molecule has 0 bridgehead atoms. The zero-order valence-electron chi connectivity index (χ0n) is 11.3. The van der Waals surface area contributed by atoms with E-state index in [-0.39, 0.29) is 11.6 Å². The molecule has 0 unspecified atom stereocenters. The first kappa shape index (κ1) is 13.7. The van der Waals surface area contributed by atoms with Crippen molar-refractivity contribution in [2.24, 2.45) is 4.99 Å². The second-order valence-electron chi connectivity index (χ2n) is 4.58. The number of hydrogen-bond donors (Lipinski definition) is 0. The van der Waals surface area contributed by atoms with Gasteiger partial charge in [0, 0.05) is 5.56 Å². The molecule has 0 aliphatic carbocycles. The van der Waals surface area contributed by atoms with Crippen LogP contribution in [0.1, 0.15) is 16.7 Å². The Morgan fingerprint density at radius 2 is 1.95 bits per heavy atom. The fraction of sp³-hybridized carbons (Fsp3) is 0. The van der Waals surface area contributed by atoms with Gasteiger partial charge >= 0.3 is 5.97 Å². The number of nitriles is 1. The van der Waals surface area contributed by atoms with Crippen molar-refractivity contribution in [3.05, 3.63) is 76.7 Å². The van der Waals surface area contributed by atoms with Gasteiger partial charge in [0.15, 0.2) is 5.70 Å². The predicted octanol–water partition coefficient (Wildman–Crippen LogP) is 3.04. The van der Waals surface area contributed by atoms with Crippen LogP contribution in [0.25, 0.3) is 6.08 Å². The van der Waals surface area contributed by atoms with Gasteiger partial charge < -0.3 is 4.74 Å². The molecule has 0 saturated carbocycles. The monoisotopic (exact) mass is 292 g/mol. The lowest BCUT2D eigenvalue weighted by molar-refractivity contribution is -0.129. The SMILES string of the molecule is N#Cc1ccc(/C=C2\N=C(c3cccc(F)c3)OC2=O)cc1. The van der Waals surface area contributed by atoms with Crippen LogP contribution >= 0.6 is 0 Å². The Kier molecular flexibility index (Phi) is 3.50. The third kappa shape index (κ3) is 2.76. The van der Waals surface area contributed by atoms with Crippen molar-refractivity contribution in [3.8, 4) is 6.07 Å². The summed E-state index contributed by atoms with van der Waals surface area (Å²) in [5.74, 6) is -0.950. The number of carbonyl (C=O) groups excluding carboxylic acids is 1. The van der Waals surface area contributed by atoms with Crippen molar-refractivity contribution in [1.82, 2.24) is 0 Å². The first-order valence-corrected chi connectivity index (χ1v) is 6.44. The van der Waals surface area contributed by atoms with Crippen LogP contribution in [0.2, 0.25) is 0 Å². The van der Waals surface area contributed by atoms with Gasteiger partial charge in [-0.15, -0.1) is 0 Å². The molecular formula is C17H9FN2O2. The normalized spacial score (nSPS) is 15.4. The Balaban J connectivity index is 1.92. The first-order valence-electron chi connectivity index (χ1n) is 6.44. The number of nitrogens with zero attached hydrogens (tertiary/aromatic N) is 2. The molecule has 0 amide bonds. The number of hydrogen-bond acceptors (Lipinski definition) is 4. The van der Waals surface area contributed by atoms with Crippen molar-refractivity contribution in [2.45, 2.75) is 0 Å². The van der Waals surface area contributed by atoms with Gasteiger partial charge in [-0.1, -0.05) is 18.2 Å². The third-order valence-corrected chi connectivity index (χ3v) is 3.04. The van der Waals surface area contributed by atoms with Crippen LogP contribution in [0, 0.1) is 17.1 Å². The average molecular weight is 292 g/mol. The highest BCUT2D eigenvalue weighted by atomic mass is 19.1. The third-order valence-electron chi connectivity index (χ3n) is 3.04. The van der Waals surface area contributed by atoms with Gasteiger partial charge in [-0.3, -0.25) is 0 Å². The number of carbonyl (C=O) groups is 1. The van der Waals surface area contributed by atoms with E-state index in [1.165, 1.54) is 18.2 Å². The molecule has 1 aliphatic rings. The number of halogens is 1. The van der Waals surface area contributed by atoms with Crippen LogP contribution in [-0.4, -0.2) is 11.9 Å². The number of rotatable bonds is 2. The Morgan fingerprint density at radius 1 is 1.18 bits per heavy atom. The summed E-state index contributed by atoms with van der Waals surface area (Å²) in [5, 5.41) is 8.75. The maximum absolute atomic E-state index is 13.2. The maximum Gasteiger partial charge on any atom is 0.363 e. The summed E-state index contributed by atoms with van der Waals surface area (Å²) >= 11 is 0. The van der Waals surface area contributed by atoms with E-state index >= 15 is 0 Å². The molecule has 106 valence electrons. The van der Waals surface area contributed by atoms with Gasteiger partial charge in [-0.05, 0) is 42.0 Å². The summed E-state index contributed by atoms with van der Waals surface area (Å²) < 4.78 is 18.3. The van der Waals surface area contributed by atoms with E-state index in [2.05, 4.69) is 4.99 Å². The molecule has 0 radical (unpaired) electrons. The van der Waals surface area contributed by atoms with Gasteiger partial charge in [0.25, 0.3) is 0 Å². The van der Waals surface area contributed by atoms with Gasteiger partial charge in [0.1, 0.15) is 5.82 Å². The smallest absolute Gasteiger partial charge is 0.363 e. The predicted molar refractivity (Wildman–Crippen MR) is 78.2 cm³/mol. The van der Waals surface area contributed by atoms with Gasteiger partial charge in [-0.25, -0.2) is 14.2 Å². The van der Waals surface area contributed by atoms with Crippen LogP contribution in [0.3, 0.4) is 0 Å². The number of aliphatic imine (C=N–C) groups is 1. The number of ether oxygens (including phenoxy) is 1. The minimum absolute atomic E-state index is 0.0735. The van der Waals surface area contributed by atoms with Crippen molar-refractivity contribution < 1.29 is 13.9 Å². The van der Waals surface area contributed by atoms with Gasteiger partial charge in [0.2, 0.25) is 5.90 Å². The molecule has 0 saturated heterocycles. The van der Waals surface area contributed by atoms with Gasteiger partial charge in [0.05, 0.1) is 11.6 Å². The van der Waals surface area contributed by atoms with E-state index in [9.17, 15) is 9.18 Å². The van der Waals surface area contributed by atoms with E-state index in [1.54, 1.807) is 36.4 Å². The van der Waals surface area contributed by atoms with Crippen molar-refractivity contribution >= 4 is 17.9 Å². The molecule has 0 spiro atoms. The zero-order valence-corrected chi connectivity index (χ0v) is 11.3. The van der Waals surface area contributed by atoms with E-state index in [4.69, 9.17) is 10.00 Å². The maximum atomic E-state index is 13.2. The van der Waals surface area contributed by atoms with Crippen LogP contribution < -0.4 is 0 Å². The summed E-state index contributed by atoms with van der Waals surface area (Å²) in [6.07, 6.45) is 1.55. The lowest BCUT2D eigenvalue weighted by Crippen LogP contribution is -2.05. The van der Waals surface area contributed by atoms with Crippen molar-refractivity contribution in [2.75, 3.05) is 0 Å². The fourth-order valence-electron chi connectivity index (χ4n) is 1.97. The summed E-state index contributed by atoms with van der Waals surface area (Å²) in [6.45, 7) is 0. The minimum Gasteiger partial charge on any atom is -0.402 e. The quantitative estimate of drug-likeness (QED) is 0.631. The molecule has 5 heteroatoms. The van der Waals surface area contributed by atoms with E-state index in [0.717, 1.165) is 5.56 Å². The molecule has 2 aromatic carbocycles. The zero-order chi connectivity index (χ0) is 15.5. The molecule has 0 N–H and O–H groups in total. The summed E-state index contributed by atoms with van der Waals surface area (Å²) in [7, 11) is 0. The second kappa shape index (κ2) is 5.62. The Labute approximate surface area is 125 Å². The summed E-state index contributed by atoms with van der Waals surface area (Å²) in [6, 6.07) is 14.4. The minimum atomic E-state index is -0.594. The largest absolute Gasteiger partial charge is 0.402 e. The van der Waals surface area contributed by atoms with E-state index < -0.39 is 11.8 Å². The topological polar surface area (TPSA) is 62.4 Å². The molecular weight excluding hydrogens is 283 g/mol. The van der Waals surface area contributed by atoms with Gasteiger partial charge in [-0.2, -0.15) is 5.26 Å². The Hall–Kier alpha value is -3.26. The Morgan fingerprint density at radius 3 is 2.64 bits per heavy atom. The Bertz CT molecular complexity index is 846. The molecule has 4 nitrogen and oxygen atoms in total.